The number of rotatable bonds is 5. The summed E-state index contributed by atoms with van der Waals surface area (Å²) in [6.07, 6.45) is 1.54. The maximum Gasteiger partial charge on any atom is 0.270 e. The summed E-state index contributed by atoms with van der Waals surface area (Å²) in [7, 11) is 0. The molecule has 1 amide bonds. The lowest BCUT2D eigenvalue weighted by molar-refractivity contribution is -0.0855. The summed E-state index contributed by atoms with van der Waals surface area (Å²) >= 11 is 0. The lowest BCUT2D eigenvalue weighted by atomic mass is 10.3. The van der Waals surface area contributed by atoms with Gasteiger partial charge in [-0.3, -0.25) is 9.78 Å². The number of anilines is 1. The average molecular weight is 265 g/mol. The van der Waals surface area contributed by atoms with Gasteiger partial charge >= 0.3 is 0 Å². The van der Waals surface area contributed by atoms with Gasteiger partial charge in [-0.15, -0.1) is 0 Å². The molecule has 0 saturated carbocycles. The molecule has 6 heteroatoms. The van der Waals surface area contributed by atoms with E-state index in [1.165, 1.54) is 0 Å². The molecule has 104 valence electrons. The van der Waals surface area contributed by atoms with Crippen LogP contribution in [0.1, 0.15) is 17.4 Å². The molecule has 1 aliphatic heterocycles. The minimum absolute atomic E-state index is 0.0744. The van der Waals surface area contributed by atoms with Crippen molar-refractivity contribution in [3.8, 4) is 0 Å². The summed E-state index contributed by atoms with van der Waals surface area (Å²) < 4.78 is 10.7. The van der Waals surface area contributed by atoms with E-state index in [1.54, 1.807) is 12.3 Å². The molecule has 0 aromatic carbocycles. The second-order valence-electron chi connectivity index (χ2n) is 4.24. The summed E-state index contributed by atoms with van der Waals surface area (Å²) in [4.78, 5) is 16.0. The van der Waals surface area contributed by atoms with E-state index in [9.17, 15) is 4.79 Å². The molecule has 19 heavy (non-hydrogen) atoms. The van der Waals surface area contributed by atoms with Crippen LogP contribution in [-0.4, -0.2) is 49.9 Å². The number of hydrogen-bond donors (Lipinski definition) is 2. The van der Waals surface area contributed by atoms with E-state index >= 15 is 0 Å². The van der Waals surface area contributed by atoms with Crippen LogP contribution in [0.25, 0.3) is 0 Å². The number of pyridine rings is 1. The second kappa shape index (κ2) is 7.06. The Bertz CT molecular complexity index is 419. The molecule has 0 bridgehead atoms. The first-order valence-corrected chi connectivity index (χ1v) is 6.47. The van der Waals surface area contributed by atoms with Crippen LogP contribution in [0.3, 0.4) is 0 Å². The van der Waals surface area contributed by atoms with Gasteiger partial charge in [0.05, 0.1) is 25.9 Å². The first-order valence-electron chi connectivity index (χ1n) is 6.47. The first-order chi connectivity index (χ1) is 9.29. The van der Waals surface area contributed by atoms with Crippen LogP contribution in [0.2, 0.25) is 0 Å². The van der Waals surface area contributed by atoms with Crippen LogP contribution < -0.4 is 10.6 Å². The van der Waals surface area contributed by atoms with Crippen molar-refractivity contribution in [2.45, 2.75) is 13.0 Å². The Hall–Kier alpha value is -1.66. The Morgan fingerprint density at radius 3 is 3.16 bits per heavy atom. The fourth-order valence-corrected chi connectivity index (χ4v) is 1.82. The van der Waals surface area contributed by atoms with Gasteiger partial charge in [0.25, 0.3) is 5.91 Å². The van der Waals surface area contributed by atoms with Crippen LogP contribution in [0, 0.1) is 0 Å². The number of carbonyl (C=O) groups excluding carboxylic acids is 1. The van der Waals surface area contributed by atoms with Crippen molar-refractivity contribution < 1.29 is 14.3 Å². The molecule has 1 aromatic rings. The van der Waals surface area contributed by atoms with Gasteiger partial charge in [0, 0.05) is 25.0 Å². The van der Waals surface area contributed by atoms with Crippen LogP contribution in [-0.2, 0) is 9.47 Å². The van der Waals surface area contributed by atoms with Crippen molar-refractivity contribution in [1.82, 2.24) is 10.3 Å². The van der Waals surface area contributed by atoms with Crippen molar-refractivity contribution in [2.75, 3.05) is 38.2 Å². The van der Waals surface area contributed by atoms with E-state index in [1.807, 2.05) is 13.0 Å². The van der Waals surface area contributed by atoms with Gasteiger partial charge in [0.15, 0.2) is 0 Å². The number of carbonyl (C=O) groups is 1. The zero-order valence-corrected chi connectivity index (χ0v) is 11.0. The first kappa shape index (κ1) is 13.8. The van der Waals surface area contributed by atoms with E-state index < -0.39 is 0 Å². The molecule has 2 heterocycles. The molecule has 1 atom stereocenters. The highest BCUT2D eigenvalue weighted by atomic mass is 16.6. The van der Waals surface area contributed by atoms with Crippen molar-refractivity contribution in [1.29, 1.82) is 0 Å². The number of nitrogens with one attached hydrogen (secondary N) is 2. The highest BCUT2D eigenvalue weighted by molar-refractivity contribution is 5.93. The van der Waals surface area contributed by atoms with Crippen LogP contribution >= 0.6 is 0 Å². The van der Waals surface area contributed by atoms with E-state index in [2.05, 4.69) is 15.6 Å². The largest absolute Gasteiger partial charge is 0.385 e. The number of nitrogens with zero attached hydrogens (tertiary/aromatic N) is 1. The van der Waals surface area contributed by atoms with Gasteiger partial charge in [-0.1, -0.05) is 0 Å². The zero-order chi connectivity index (χ0) is 13.5. The van der Waals surface area contributed by atoms with Crippen LogP contribution in [0.4, 0.5) is 5.69 Å². The van der Waals surface area contributed by atoms with Crippen LogP contribution in [0.5, 0.6) is 0 Å². The lowest BCUT2D eigenvalue weighted by Crippen LogP contribution is -2.39. The number of ether oxygens (including phenoxy) is 2. The molecule has 0 aliphatic carbocycles. The molecule has 0 radical (unpaired) electrons. The number of amides is 1. The van der Waals surface area contributed by atoms with Gasteiger partial charge in [-0.2, -0.15) is 0 Å². The third-order valence-electron chi connectivity index (χ3n) is 2.75. The topological polar surface area (TPSA) is 72.5 Å². The van der Waals surface area contributed by atoms with Gasteiger partial charge in [0.1, 0.15) is 5.69 Å². The van der Waals surface area contributed by atoms with Gasteiger partial charge in [0.2, 0.25) is 0 Å². The summed E-state index contributed by atoms with van der Waals surface area (Å²) in [5.41, 5.74) is 1.29. The molecule has 1 aromatic heterocycles. The summed E-state index contributed by atoms with van der Waals surface area (Å²) in [6, 6.07) is 3.56. The van der Waals surface area contributed by atoms with Gasteiger partial charge in [-0.25, -0.2) is 0 Å². The van der Waals surface area contributed by atoms with E-state index in [-0.39, 0.29) is 12.0 Å². The second-order valence-corrected chi connectivity index (χ2v) is 4.24. The van der Waals surface area contributed by atoms with Crippen molar-refractivity contribution in [3.05, 3.63) is 24.0 Å². The molecule has 1 saturated heterocycles. The SMILES string of the molecule is CCNc1ccnc(C(=O)NCC2COCCO2)c1. The maximum absolute atomic E-state index is 11.9. The Kier molecular flexibility index (Phi) is 5.11. The van der Waals surface area contributed by atoms with E-state index in [0.717, 1.165) is 12.2 Å². The Morgan fingerprint density at radius 2 is 2.42 bits per heavy atom. The predicted molar refractivity (Wildman–Crippen MR) is 71.3 cm³/mol. The third kappa shape index (κ3) is 4.18. The maximum atomic E-state index is 11.9. The Balaban J connectivity index is 1.86. The lowest BCUT2D eigenvalue weighted by Gasteiger charge is -2.22. The Labute approximate surface area is 112 Å². The minimum atomic E-state index is -0.200. The molecule has 0 spiro atoms. The minimum Gasteiger partial charge on any atom is -0.385 e. The molecule has 1 unspecified atom stereocenters. The molecule has 1 aliphatic rings. The average Bonchev–Trinajstić information content (AvgIpc) is 2.46. The fourth-order valence-electron chi connectivity index (χ4n) is 1.82. The summed E-state index contributed by atoms with van der Waals surface area (Å²) in [5.74, 6) is -0.200. The van der Waals surface area contributed by atoms with Gasteiger partial charge < -0.3 is 20.1 Å². The molecular formula is C13H19N3O3. The smallest absolute Gasteiger partial charge is 0.270 e. The third-order valence-corrected chi connectivity index (χ3v) is 2.75. The monoisotopic (exact) mass is 265 g/mol. The molecule has 1 fully saturated rings. The standard InChI is InChI=1S/C13H19N3O3/c1-2-14-10-3-4-15-12(7-10)13(17)16-8-11-9-18-5-6-19-11/h3-4,7,11H,2,5-6,8-9H2,1H3,(H,14,15)(H,16,17). The van der Waals surface area contributed by atoms with E-state index in [4.69, 9.17) is 9.47 Å². The van der Waals surface area contributed by atoms with Crippen LogP contribution in [0.15, 0.2) is 18.3 Å². The molecule has 6 nitrogen and oxygen atoms in total. The van der Waals surface area contributed by atoms with Gasteiger partial charge in [-0.05, 0) is 19.1 Å². The molecule has 2 rings (SSSR count). The fraction of sp³-hybridized carbons (Fsp3) is 0.538. The molecule has 2 N–H and O–H groups in total. The molecular weight excluding hydrogens is 246 g/mol. The summed E-state index contributed by atoms with van der Waals surface area (Å²) in [5, 5.41) is 5.95. The van der Waals surface area contributed by atoms with Crippen molar-refractivity contribution >= 4 is 11.6 Å². The Morgan fingerprint density at radius 1 is 1.53 bits per heavy atom. The highest BCUT2D eigenvalue weighted by Gasteiger charge is 2.16. The van der Waals surface area contributed by atoms with Crippen molar-refractivity contribution in [3.63, 3.8) is 0 Å². The normalized spacial score (nSPS) is 18.9. The zero-order valence-electron chi connectivity index (χ0n) is 11.0. The number of aromatic nitrogens is 1. The number of hydrogen-bond acceptors (Lipinski definition) is 5. The van der Waals surface area contributed by atoms with E-state index in [0.29, 0.717) is 32.1 Å². The predicted octanol–water partition coefficient (Wildman–Crippen LogP) is 0.659. The summed E-state index contributed by atoms with van der Waals surface area (Å²) in [6.45, 7) is 4.96. The van der Waals surface area contributed by atoms with Crippen molar-refractivity contribution in [2.24, 2.45) is 0 Å². The highest BCUT2D eigenvalue weighted by Crippen LogP contribution is 2.07. The quantitative estimate of drug-likeness (QED) is 0.818.